The Kier molecular flexibility index (Phi) is 24.2. The van der Waals surface area contributed by atoms with Crippen molar-refractivity contribution in [3.63, 3.8) is 0 Å². The van der Waals surface area contributed by atoms with E-state index in [-0.39, 0.29) is 26.2 Å². The van der Waals surface area contributed by atoms with Gasteiger partial charge in [-0.05, 0) is 44.9 Å². The Morgan fingerprint density at radius 1 is 0.775 bits per heavy atom. The van der Waals surface area contributed by atoms with Crippen LogP contribution in [-0.2, 0) is 27.9 Å². The number of phosphoric acid groups is 1. The molecule has 0 aromatic rings. The molecule has 2 atom stereocenters. The van der Waals surface area contributed by atoms with Gasteiger partial charge in [0.2, 0.25) is 0 Å². The Hall–Kier alpha value is -1.54. The minimum atomic E-state index is -4.48. The van der Waals surface area contributed by atoms with E-state index in [2.05, 4.69) is 55.5 Å². The first-order chi connectivity index (χ1) is 19.1. The molecule has 0 fully saturated rings. The maximum absolute atomic E-state index is 12.0. The molecule has 0 bridgehead atoms. The molecule has 8 nitrogen and oxygen atoms in total. The highest BCUT2D eigenvalue weighted by atomic mass is 31.2. The van der Waals surface area contributed by atoms with Crippen molar-refractivity contribution in [3.05, 3.63) is 48.6 Å². The predicted octanol–water partition coefficient (Wildman–Crippen LogP) is 6.68. The second-order valence-corrected chi connectivity index (χ2v) is 12.1. The molecule has 0 N–H and O–H groups in total. The fraction of sp³-hybridized carbons (Fsp3) is 0.710. The number of quaternary nitrogens is 1. The van der Waals surface area contributed by atoms with Crippen molar-refractivity contribution in [2.24, 2.45) is 0 Å². The minimum Gasteiger partial charge on any atom is -0.756 e. The normalized spacial score (nSPS) is 15.1. The molecule has 0 aromatic heterocycles. The fourth-order valence-corrected chi connectivity index (χ4v) is 4.06. The maximum Gasteiger partial charge on any atom is 0.305 e. The molecule has 0 rings (SSSR count). The van der Waals surface area contributed by atoms with Gasteiger partial charge >= 0.3 is 5.97 Å². The van der Waals surface area contributed by atoms with Gasteiger partial charge in [-0.25, -0.2) is 0 Å². The number of rotatable bonds is 26. The largest absolute Gasteiger partial charge is 0.756 e. The molecule has 232 valence electrons. The number of phosphoric ester groups is 1. The molecule has 0 radical (unpaired) electrons. The third kappa shape index (κ3) is 28.0. The van der Waals surface area contributed by atoms with Gasteiger partial charge in [-0.15, -0.1) is 0 Å². The van der Waals surface area contributed by atoms with Crippen LogP contribution < -0.4 is 4.89 Å². The number of carbonyl (C=O) groups excluding carboxylic acids is 1. The second kappa shape index (κ2) is 25.2. The van der Waals surface area contributed by atoms with Crippen LogP contribution in [0.25, 0.3) is 0 Å². The van der Waals surface area contributed by atoms with E-state index in [9.17, 15) is 14.3 Å². The van der Waals surface area contributed by atoms with E-state index < -0.39 is 19.9 Å². The van der Waals surface area contributed by atoms with Crippen molar-refractivity contribution in [3.8, 4) is 0 Å². The lowest BCUT2D eigenvalue weighted by atomic mass is 10.1. The molecule has 0 amide bonds. The van der Waals surface area contributed by atoms with Gasteiger partial charge in [-0.2, -0.15) is 0 Å². The Bertz CT molecular complexity index is 787. The lowest BCUT2D eigenvalue weighted by molar-refractivity contribution is -0.870. The molecule has 40 heavy (non-hydrogen) atoms. The summed E-state index contributed by atoms with van der Waals surface area (Å²) >= 11 is 0. The maximum atomic E-state index is 12.0. The van der Waals surface area contributed by atoms with Gasteiger partial charge in [-0.3, -0.25) is 9.36 Å². The van der Waals surface area contributed by atoms with Gasteiger partial charge in [0, 0.05) is 13.0 Å². The molecular formula is C31H56NO7P. The first-order valence-electron chi connectivity index (χ1n) is 14.9. The molecule has 0 aliphatic heterocycles. The standard InChI is InChI=1S/C31H56NO7P/c1-6-8-9-10-11-12-13-14-15-16-17-18-19-20-21-22-23-24-26-36-28-30(39-31(33)7-2)29-38-40(34,35)37-27-25-32(3,4)5/h8-9,11-12,14-15,17-18,30H,6-7,10,13,16,19-29H2,1-5H3/b9-8-,12-11-,15-14-,18-17-. The number of likely N-dealkylation sites (N-methyl/N-ethyl adjacent to an activating group) is 1. The molecule has 2 unspecified atom stereocenters. The average molecular weight is 586 g/mol. The summed E-state index contributed by atoms with van der Waals surface area (Å²) in [5.74, 6) is -0.433. The van der Waals surface area contributed by atoms with E-state index in [4.69, 9.17) is 18.5 Å². The molecule has 0 aromatic carbocycles. The van der Waals surface area contributed by atoms with Crippen LogP contribution in [0.3, 0.4) is 0 Å². The quantitative estimate of drug-likeness (QED) is 0.0368. The molecule has 0 saturated heterocycles. The summed E-state index contributed by atoms with van der Waals surface area (Å²) < 4.78 is 33.3. The van der Waals surface area contributed by atoms with Gasteiger partial charge in [0.15, 0.2) is 0 Å². The smallest absolute Gasteiger partial charge is 0.305 e. The highest BCUT2D eigenvalue weighted by Crippen LogP contribution is 2.38. The van der Waals surface area contributed by atoms with Crippen molar-refractivity contribution in [2.45, 2.75) is 90.6 Å². The van der Waals surface area contributed by atoms with Crippen molar-refractivity contribution in [1.29, 1.82) is 0 Å². The third-order valence-corrected chi connectivity index (χ3v) is 6.66. The predicted molar refractivity (Wildman–Crippen MR) is 162 cm³/mol. The molecule has 9 heteroatoms. The summed E-state index contributed by atoms with van der Waals surface area (Å²) in [5.41, 5.74) is 0. The number of allylic oxidation sites excluding steroid dienone is 8. The summed E-state index contributed by atoms with van der Waals surface area (Å²) in [7, 11) is 1.32. The van der Waals surface area contributed by atoms with Crippen LogP contribution in [0.15, 0.2) is 48.6 Å². The van der Waals surface area contributed by atoms with E-state index in [0.29, 0.717) is 17.6 Å². The molecule has 0 heterocycles. The van der Waals surface area contributed by atoms with Gasteiger partial charge in [-0.1, -0.05) is 81.7 Å². The Morgan fingerprint density at radius 2 is 1.35 bits per heavy atom. The third-order valence-electron chi connectivity index (χ3n) is 5.70. The van der Waals surface area contributed by atoms with Crippen molar-refractivity contribution in [2.75, 3.05) is 54.1 Å². The van der Waals surface area contributed by atoms with Crippen LogP contribution in [0.2, 0.25) is 0 Å². The number of nitrogens with zero attached hydrogens (tertiary/aromatic N) is 1. The summed E-state index contributed by atoms with van der Waals surface area (Å²) in [6, 6.07) is 0. The van der Waals surface area contributed by atoms with Gasteiger partial charge in [0.25, 0.3) is 7.82 Å². The summed E-state index contributed by atoms with van der Waals surface area (Å²) in [6.45, 7) is 4.62. The van der Waals surface area contributed by atoms with E-state index >= 15 is 0 Å². The Morgan fingerprint density at radius 3 is 1.95 bits per heavy atom. The number of ether oxygens (including phenoxy) is 2. The number of esters is 1. The van der Waals surface area contributed by atoms with E-state index in [0.717, 1.165) is 51.4 Å². The van der Waals surface area contributed by atoms with Gasteiger partial charge in [0.1, 0.15) is 19.3 Å². The summed E-state index contributed by atoms with van der Waals surface area (Å²) in [6.07, 6.45) is 27.7. The van der Waals surface area contributed by atoms with Crippen LogP contribution in [0, 0.1) is 0 Å². The second-order valence-electron chi connectivity index (χ2n) is 10.7. The highest BCUT2D eigenvalue weighted by molar-refractivity contribution is 7.45. The molecule has 0 aliphatic carbocycles. The fourth-order valence-electron chi connectivity index (χ4n) is 3.33. The minimum absolute atomic E-state index is 0.0175. The zero-order valence-corrected chi connectivity index (χ0v) is 26.7. The summed E-state index contributed by atoms with van der Waals surface area (Å²) in [4.78, 5) is 23.7. The van der Waals surface area contributed by atoms with Crippen LogP contribution >= 0.6 is 7.82 Å². The SMILES string of the molecule is CC/C=C\C/C=C\C/C=C\C/C=C\CCCCCCCOCC(COP(=O)([O-])OCC[N+](C)(C)C)OC(=O)CC. The zero-order chi connectivity index (χ0) is 30.0. The van der Waals surface area contributed by atoms with Crippen molar-refractivity contribution in [1.82, 2.24) is 0 Å². The molecule has 0 saturated carbocycles. The van der Waals surface area contributed by atoms with Gasteiger partial charge < -0.3 is 27.9 Å². The van der Waals surface area contributed by atoms with Crippen molar-refractivity contribution < 1.29 is 37.3 Å². The van der Waals surface area contributed by atoms with Crippen molar-refractivity contribution >= 4 is 13.8 Å². The van der Waals surface area contributed by atoms with Crippen LogP contribution in [-0.4, -0.2) is 70.7 Å². The average Bonchev–Trinajstić information content (AvgIpc) is 2.89. The number of unbranched alkanes of at least 4 members (excludes halogenated alkanes) is 5. The lowest BCUT2D eigenvalue weighted by Crippen LogP contribution is -2.37. The van der Waals surface area contributed by atoms with Crippen LogP contribution in [0.1, 0.15) is 84.5 Å². The van der Waals surface area contributed by atoms with E-state index in [1.165, 1.54) is 12.8 Å². The first-order valence-corrected chi connectivity index (χ1v) is 16.3. The van der Waals surface area contributed by atoms with E-state index in [1.54, 1.807) is 6.92 Å². The monoisotopic (exact) mass is 585 g/mol. The number of hydrogen-bond donors (Lipinski definition) is 0. The highest BCUT2D eigenvalue weighted by Gasteiger charge is 2.19. The molecule has 0 aliphatic rings. The van der Waals surface area contributed by atoms with Gasteiger partial charge in [0.05, 0.1) is 34.4 Å². The Labute approximate surface area is 244 Å². The lowest BCUT2D eigenvalue weighted by Gasteiger charge is -2.28. The number of hydrogen-bond acceptors (Lipinski definition) is 7. The van der Waals surface area contributed by atoms with Crippen LogP contribution in [0.4, 0.5) is 0 Å². The molecular weight excluding hydrogens is 529 g/mol. The molecule has 0 spiro atoms. The zero-order valence-electron chi connectivity index (χ0n) is 25.8. The summed E-state index contributed by atoms with van der Waals surface area (Å²) in [5, 5.41) is 0. The van der Waals surface area contributed by atoms with Crippen LogP contribution in [0.5, 0.6) is 0 Å². The topological polar surface area (TPSA) is 94.1 Å². The van der Waals surface area contributed by atoms with E-state index in [1.807, 2.05) is 21.1 Å². The first kappa shape index (κ1) is 38.5. The number of carbonyl (C=O) groups is 1. The Balaban J connectivity index is 3.93.